The third kappa shape index (κ3) is 5.50. The van der Waals surface area contributed by atoms with Crippen LogP contribution >= 0.6 is 0 Å². The Morgan fingerprint density at radius 3 is 2.43 bits per heavy atom. The Hall–Kier alpha value is -1.36. The Bertz CT molecular complexity index is 455. The van der Waals surface area contributed by atoms with Crippen LogP contribution in [0.5, 0.6) is 0 Å². The highest BCUT2D eigenvalue weighted by Crippen LogP contribution is 2.21. The van der Waals surface area contributed by atoms with Crippen LogP contribution in [0.2, 0.25) is 0 Å². The van der Waals surface area contributed by atoms with Gasteiger partial charge < -0.3 is 10.4 Å². The summed E-state index contributed by atoms with van der Waals surface area (Å²) in [6.45, 7) is 12.1. The molecule has 1 rings (SSSR count). The van der Waals surface area contributed by atoms with E-state index >= 15 is 0 Å². The maximum atomic E-state index is 12.3. The summed E-state index contributed by atoms with van der Waals surface area (Å²) in [6, 6.07) is -0.188. The summed E-state index contributed by atoms with van der Waals surface area (Å²) in [6.07, 6.45) is 1.42. The minimum atomic E-state index is -0.188. The number of nitrogens with zero attached hydrogens (tertiary/aromatic N) is 1. The molecule has 0 aliphatic rings. The second kappa shape index (κ2) is 7.07. The molecule has 0 saturated carbocycles. The SMILES string of the molecule is Cc1n[nH]c(C)c1CC(C)C(=O)NC(CO)CC(C)(C)C. The highest BCUT2D eigenvalue weighted by molar-refractivity contribution is 5.79. The van der Waals surface area contributed by atoms with Gasteiger partial charge in [-0.25, -0.2) is 0 Å². The van der Waals surface area contributed by atoms with Gasteiger partial charge in [-0.1, -0.05) is 27.7 Å². The zero-order chi connectivity index (χ0) is 16.2. The van der Waals surface area contributed by atoms with Gasteiger partial charge in [0.15, 0.2) is 0 Å². The number of aryl methyl sites for hydroxylation is 2. The van der Waals surface area contributed by atoms with E-state index in [2.05, 4.69) is 36.3 Å². The zero-order valence-electron chi connectivity index (χ0n) is 14.1. The number of rotatable bonds is 6. The van der Waals surface area contributed by atoms with Crippen molar-refractivity contribution in [2.75, 3.05) is 6.61 Å². The standard InChI is InChI=1S/C16H29N3O2/c1-10(7-14-11(2)18-19-12(14)3)15(21)17-13(9-20)8-16(4,5)6/h10,13,20H,7-9H2,1-6H3,(H,17,21)(H,18,19). The molecular weight excluding hydrogens is 266 g/mol. The highest BCUT2D eigenvalue weighted by Gasteiger charge is 2.23. The molecule has 0 aliphatic heterocycles. The van der Waals surface area contributed by atoms with Gasteiger partial charge in [-0.05, 0) is 37.7 Å². The van der Waals surface area contributed by atoms with E-state index in [-0.39, 0.29) is 29.9 Å². The van der Waals surface area contributed by atoms with Crippen molar-refractivity contribution in [2.45, 2.75) is 60.4 Å². The van der Waals surface area contributed by atoms with Crippen LogP contribution in [0, 0.1) is 25.2 Å². The largest absolute Gasteiger partial charge is 0.394 e. The lowest BCUT2D eigenvalue weighted by atomic mass is 9.88. The topological polar surface area (TPSA) is 78.0 Å². The van der Waals surface area contributed by atoms with E-state index in [0.717, 1.165) is 23.4 Å². The Morgan fingerprint density at radius 1 is 1.38 bits per heavy atom. The number of carbonyl (C=O) groups excluding carboxylic acids is 1. The van der Waals surface area contributed by atoms with E-state index in [1.165, 1.54) is 0 Å². The van der Waals surface area contributed by atoms with E-state index in [4.69, 9.17) is 0 Å². The minimum Gasteiger partial charge on any atom is -0.394 e. The van der Waals surface area contributed by atoms with Crippen molar-refractivity contribution in [1.29, 1.82) is 0 Å². The molecule has 0 aromatic carbocycles. The third-order valence-corrected chi connectivity index (χ3v) is 3.66. The number of hydrogen-bond acceptors (Lipinski definition) is 3. The van der Waals surface area contributed by atoms with Gasteiger partial charge in [-0.2, -0.15) is 5.10 Å². The smallest absolute Gasteiger partial charge is 0.223 e. The monoisotopic (exact) mass is 295 g/mol. The van der Waals surface area contributed by atoms with Crippen LogP contribution in [0.1, 0.15) is 51.1 Å². The van der Waals surface area contributed by atoms with Crippen molar-refractivity contribution < 1.29 is 9.90 Å². The van der Waals surface area contributed by atoms with Gasteiger partial charge in [0.05, 0.1) is 18.3 Å². The molecule has 5 nitrogen and oxygen atoms in total. The van der Waals surface area contributed by atoms with Crippen LogP contribution in [0.3, 0.4) is 0 Å². The number of aliphatic hydroxyl groups excluding tert-OH is 1. The average Bonchev–Trinajstić information content (AvgIpc) is 2.67. The molecule has 0 aliphatic carbocycles. The molecule has 0 radical (unpaired) electrons. The van der Waals surface area contributed by atoms with E-state index < -0.39 is 0 Å². The van der Waals surface area contributed by atoms with Gasteiger partial charge >= 0.3 is 0 Å². The Labute approximate surface area is 127 Å². The number of hydrogen-bond donors (Lipinski definition) is 3. The van der Waals surface area contributed by atoms with Crippen molar-refractivity contribution in [2.24, 2.45) is 11.3 Å². The lowest BCUT2D eigenvalue weighted by molar-refractivity contribution is -0.125. The number of nitrogens with one attached hydrogen (secondary N) is 2. The minimum absolute atomic E-state index is 0.0155. The molecule has 2 unspecified atom stereocenters. The molecule has 5 heteroatoms. The summed E-state index contributed by atoms with van der Waals surface area (Å²) in [4.78, 5) is 12.3. The molecule has 1 amide bonds. The average molecular weight is 295 g/mol. The highest BCUT2D eigenvalue weighted by atomic mass is 16.3. The fraction of sp³-hybridized carbons (Fsp3) is 0.750. The first-order valence-corrected chi connectivity index (χ1v) is 7.55. The Balaban J connectivity index is 2.62. The van der Waals surface area contributed by atoms with Crippen LogP contribution in [-0.2, 0) is 11.2 Å². The van der Waals surface area contributed by atoms with Crippen molar-refractivity contribution >= 4 is 5.91 Å². The number of aromatic nitrogens is 2. The molecule has 0 fully saturated rings. The molecule has 3 N–H and O–H groups in total. The Kier molecular flexibility index (Phi) is 5.96. The fourth-order valence-electron chi connectivity index (χ4n) is 2.52. The van der Waals surface area contributed by atoms with Crippen molar-refractivity contribution in [1.82, 2.24) is 15.5 Å². The molecule has 120 valence electrons. The third-order valence-electron chi connectivity index (χ3n) is 3.66. The van der Waals surface area contributed by atoms with Crippen molar-refractivity contribution in [3.63, 3.8) is 0 Å². The molecule has 21 heavy (non-hydrogen) atoms. The molecule has 0 saturated heterocycles. The molecule has 0 bridgehead atoms. The molecule has 1 heterocycles. The summed E-state index contributed by atoms with van der Waals surface area (Å²) in [5.74, 6) is -0.160. The molecule has 0 spiro atoms. The second-order valence-corrected chi connectivity index (χ2v) is 7.17. The maximum Gasteiger partial charge on any atom is 0.223 e. The van der Waals surface area contributed by atoms with Gasteiger partial charge in [-0.15, -0.1) is 0 Å². The summed E-state index contributed by atoms with van der Waals surface area (Å²) < 4.78 is 0. The maximum absolute atomic E-state index is 12.3. The predicted molar refractivity (Wildman–Crippen MR) is 84.0 cm³/mol. The first-order chi connectivity index (χ1) is 9.64. The number of amides is 1. The quantitative estimate of drug-likeness (QED) is 0.752. The van der Waals surface area contributed by atoms with Crippen LogP contribution < -0.4 is 5.32 Å². The summed E-state index contributed by atoms with van der Waals surface area (Å²) in [7, 11) is 0. The van der Waals surface area contributed by atoms with Crippen LogP contribution in [0.25, 0.3) is 0 Å². The first kappa shape index (κ1) is 17.7. The van der Waals surface area contributed by atoms with Crippen molar-refractivity contribution in [3.8, 4) is 0 Å². The lowest BCUT2D eigenvalue weighted by Crippen LogP contribution is -2.42. The van der Waals surface area contributed by atoms with Crippen LogP contribution in [-0.4, -0.2) is 33.9 Å². The first-order valence-electron chi connectivity index (χ1n) is 7.55. The fourth-order valence-corrected chi connectivity index (χ4v) is 2.52. The molecule has 2 atom stereocenters. The number of carbonyl (C=O) groups is 1. The summed E-state index contributed by atoms with van der Waals surface area (Å²) in [5, 5.41) is 19.5. The van der Waals surface area contributed by atoms with Crippen LogP contribution in [0.4, 0.5) is 0 Å². The van der Waals surface area contributed by atoms with E-state index in [1.54, 1.807) is 0 Å². The normalized spacial score (nSPS) is 14.8. The predicted octanol–water partition coefficient (Wildman–Crippen LogP) is 2.12. The van der Waals surface area contributed by atoms with Gasteiger partial charge in [0, 0.05) is 11.6 Å². The Morgan fingerprint density at radius 2 is 2.00 bits per heavy atom. The van der Waals surface area contributed by atoms with Gasteiger partial charge in [0.1, 0.15) is 0 Å². The van der Waals surface area contributed by atoms with Gasteiger partial charge in [0.2, 0.25) is 5.91 Å². The lowest BCUT2D eigenvalue weighted by Gasteiger charge is -2.26. The van der Waals surface area contributed by atoms with E-state index in [1.807, 2.05) is 20.8 Å². The summed E-state index contributed by atoms with van der Waals surface area (Å²) >= 11 is 0. The number of aromatic amines is 1. The zero-order valence-corrected chi connectivity index (χ0v) is 14.1. The molecular formula is C16H29N3O2. The number of aliphatic hydroxyl groups is 1. The number of H-pyrrole nitrogens is 1. The van der Waals surface area contributed by atoms with Gasteiger partial charge in [-0.3, -0.25) is 9.89 Å². The second-order valence-electron chi connectivity index (χ2n) is 7.17. The van der Waals surface area contributed by atoms with Crippen LogP contribution in [0.15, 0.2) is 0 Å². The molecule has 1 aromatic rings. The van der Waals surface area contributed by atoms with Gasteiger partial charge in [0.25, 0.3) is 0 Å². The van der Waals surface area contributed by atoms with Crippen molar-refractivity contribution in [3.05, 3.63) is 17.0 Å². The molecule has 1 aromatic heterocycles. The summed E-state index contributed by atoms with van der Waals surface area (Å²) in [5.41, 5.74) is 3.14. The van der Waals surface area contributed by atoms with E-state index in [0.29, 0.717) is 6.42 Å². The van der Waals surface area contributed by atoms with E-state index in [9.17, 15) is 9.90 Å².